The van der Waals surface area contributed by atoms with Crippen LogP contribution >= 0.6 is 34.5 Å². The molecule has 2 heterocycles. The van der Waals surface area contributed by atoms with E-state index in [0.29, 0.717) is 60.7 Å². The van der Waals surface area contributed by atoms with Crippen LogP contribution in [0.2, 0.25) is 10.0 Å². The summed E-state index contributed by atoms with van der Waals surface area (Å²) in [5.41, 5.74) is 3.67. The lowest BCUT2D eigenvalue weighted by Crippen LogP contribution is -2.40. The van der Waals surface area contributed by atoms with E-state index in [4.69, 9.17) is 37.4 Å². The maximum atomic E-state index is 14.1. The summed E-state index contributed by atoms with van der Waals surface area (Å²) in [6, 6.07) is 17.7. The molecule has 10 heteroatoms. The molecule has 238 valence electrons. The second-order valence-corrected chi connectivity index (χ2v) is 12.8. The molecule has 1 aliphatic heterocycles. The Balaban J connectivity index is 1.63. The van der Waals surface area contributed by atoms with E-state index in [0.717, 1.165) is 16.7 Å². The minimum Gasteiger partial charge on any atom is -0.490 e. The van der Waals surface area contributed by atoms with Crippen molar-refractivity contribution in [2.45, 2.75) is 52.9 Å². The van der Waals surface area contributed by atoms with Crippen LogP contribution in [0.4, 0.5) is 0 Å². The smallest absolute Gasteiger partial charge is 0.338 e. The van der Waals surface area contributed by atoms with Crippen molar-refractivity contribution in [1.82, 2.24) is 4.57 Å². The van der Waals surface area contributed by atoms with E-state index < -0.39 is 12.0 Å². The third-order valence-electron chi connectivity index (χ3n) is 7.22. The molecule has 0 spiro atoms. The number of rotatable bonds is 11. The van der Waals surface area contributed by atoms with Gasteiger partial charge in [-0.2, -0.15) is 0 Å². The summed E-state index contributed by atoms with van der Waals surface area (Å²) in [7, 11) is 0. The second-order valence-electron chi connectivity index (χ2n) is 10.9. The van der Waals surface area contributed by atoms with Gasteiger partial charge in [0.15, 0.2) is 16.3 Å². The molecule has 0 unspecified atom stereocenters. The Morgan fingerprint density at radius 3 is 2.50 bits per heavy atom. The quantitative estimate of drug-likeness (QED) is 0.124. The van der Waals surface area contributed by atoms with Crippen LogP contribution in [0.15, 0.2) is 94.4 Å². The molecule has 0 N–H and O–H groups in total. The Hall–Kier alpha value is -4.11. The molecule has 0 amide bonds. The van der Waals surface area contributed by atoms with Gasteiger partial charge in [-0.25, -0.2) is 9.79 Å². The zero-order chi connectivity index (χ0) is 33.0. The van der Waals surface area contributed by atoms with Crippen molar-refractivity contribution in [3.63, 3.8) is 0 Å². The summed E-state index contributed by atoms with van der Waals surface area (Å²) in [6.07, 6.45) is 3.76. The van der Waals surface area contributed by atoms with Crippen molar-refractivity contribution in [3.05, 3.63) is 137 Å². The van der Waals surface area contributed by atoms with Crippen LogP contribution in [0.5, 0.6) is 11.5 Å². The summed E-state index contributed by atoms with van der Waals surface area (Å²) < 4.78 is 19.9. The van der Waals surface area contributed by atoms with Gasteiger partial charge >= 0.3 is 5.97 Å². The van der Waals surface area contributed by atoms with Gasteiger partial charge in [0.2, 0.25) is 0 Å². The molecule has 7 nitrogen and oxygen atoms in total. The maximum absolute atomic E-state index is 14.1. The number of esters is 1. The molecule has 3 aromatic carbocycles. The predicted molar refractivity (Wildman–Crippen MR) is 184 cm³/mol. The van der Waals surface area contributed by atoms with Gasteiger partial charge in [-0.15, -0.1) is 6.58 Å². The second kappa shape index (κ2) is 14.5. The molecule has 1 aliphatic rings. The van der Waals surface area contributed by atoms with Crippen LogP contribution < -0.4 is 24.4 Å². The maximum Gasteiger partial charge on any atom is 0.338 e. The minimum atomic E-state index is -0.738. The molecular formula is C36H34Cl2N2O5S. The number of halogens is 2. The topological polar surface area (TPSA) is 79.1 Å². The number of thiazole rings is 1. The number of fused-ring (bicyclic) bond motifs is 1. The Morgan fingerprint density at radius 2 is 1.83 bits per heavy atom. The third-order valence-corrected chi connectivity index (χ3v) is 8.82. The summed E-state index contributed by atoms with van der Waals surface area (Å²) >= 11 is 13.8. The fourth-order valence-electron chi connectivity index (χ4n) is 5.24. The highest BCUT2D eigenvalue weighted by Gasteiger charge is 2.33. The van der Waals surface area contributed by atoms with Gasteiger partial charge < -0.3 is 14.2 Å². The van der Waals surface area contributed by atoms with E-state index in [1.807, 2.05) is 55.5 Å². The van der Waals surface area contributed by atoms with Crippen molar-refractivity contribution in [2.75, 3.05) is 6.61 Å². The highest BCUT2D eigenvalue weighted by atomic mass is 35.5. The van der Waals surface area contributed by atoms with E-state index in [1.165, 1.54) is 11.3 Å². The monoisotopic (exact) mass is 676 g/mol. The molecule has 46 heavy (non-hydrogen) atoms. The minimum absolute atomic E-state index is 0.257. The lowest BCUT2D eigenvalue weighted by molar-refractivity contribution is -0.143. The lowest BCUT2D eigenvalue weighted by Gasteiger charge is -2.25. The molecule has 4 aromatic rings. The van der Waals surface area contributed by atoms with Crippen LogP contribution in [0.25, 0.3) is 6.08 Å². The number of hydrogen-bond acceptors (Lipinski definition) is 7. The molecule has 0 aliphatic carbocycles. The first-order valence-corrected chi connectivity index (χ1v) is 16.4. The Kier molecular flexibility index (Phi) is 10.5. The summed E-state index contributed by atoms with van der Waals surface area (Å²) in [5, 5.41) is 1.16. The van der Waals surface area contributed by atoms with Crippen LogP contribution in [0.1, 0.15) is 56.0 Å². The number of nitrogens with zero attached hydrogens (tertiary/aromatic N) is 2. The SMILES string of the molecule is C=CCc1cc(/C=c2/sc3n(c2=O)[C@@H](c2ccc(Cl)cc2)C(C(=O)OC(C)C)=C(C)N=3)cc(OCC)c1OCc1ccccc1Cl. The summed E-state index contributed by atoms with van der Waals surface area (Å²) in [4.78, 5) is 32.7. The number of benzene rings is 3. The summed E-state index contributed by atoms with van der Waals surface area (Å²) in [6.45, 7) is 11.8. The van der Waals surface area contributed by atoms with Crippen LogP contribution in [0.3, 0.4) is 0 Å². The van der Waals surface area contributed by atoms with Gasteiger partial charge in [-0.3, -0.25) is 9.36 Å². The number of hydrogen-bond donors (Lipinski definition) is 0. The molecule has 1 aromatic heterocycles. The highest BCUT2D eigenvalue weighted by Crippen LogP contribution is 2.36. The van der Waals surface area contributed by atoms with Gasteiger partial charge in [0.1, 0.15) is 6.61 Å². The van der Waals surface area contributed by atoms with Crippen molar-refractivity contribution in [1.29, 1.82) is 0 Å². The van der Waals surface area contributed by atoms with Crippen LogP contribution in [-0.2, 0) is 22.6 Å². The number of ether oxygens (including phenoxy) is 3. The Morgan fingerprint density at radius 1 is 1.09 bits per heavy atom. The standard InChI is InChI=1S/C36H34Cl2N2O5S/c1-6-10-25-17-23(18-29(43-7-2)33(25)44-20-26-11-8-9-12-28(26)38)19-30-34(41)40-32(24-13-15-27(37)16-14-24)31(35(42)45-21(3)4)22(5)39-36(40)46-30/h6,8-9,11-19,21,32H,1,7,10,20H2,2-5H3/b30-19+/t32-/m0/s1. The molecule has 0 fully saturated rings. The number of carbonyl (C=O) groups excluding carboxylic acids is 1. The first-order chi connectivity index (χ1) is 22.1. The van der Waals surface area contributed by atoms with Gasteiger partial charge in [0, 0.05) is 21.2 Å². The molecule has 0 saturated heterocycles. The molecule has 0 saturated carbocycles. The van der Waals surface area contributed by atoms with E-state index in [9.17, 15) is 9.59 Å². The molecule has 0 radical (unpaired) electrons. The Labute approximate surface area is 281 Å². The normalized spacial score (nSPS) is 14.6. The van der Waals surface area contributed by atoms with Crippen LogP contribution in [-0.4, -0.2) is 23.2 Å². The predicted octanol–water partition coefficient (Wildman–Crippen LogP) is 7.20. The average molecular weight is 678 g/mol. The number of allylic oxidation sites excluding steroid dienone is 2. The average Bonchev–Trinajstić information content (AvgIpc) is 3.31. The molecule has 5 rings (SSSR count). The van der Waals surface area contributed by atoms with Crippen molar-refractivity contribution in [2.24, 2.45) is 4.99 Å². The fourth-order valence-corrected chi connectivity index (χ4v) is 6.60. The first kappa shape index (κ1) is 33.3. The zero-order valence-corrected chi connectivity index (χ0v) is 28.3. The van der Waals surface area contributed by atoms with Crippen molar-refractivity contribution < 1.29 is 19.0 Å². The van der Waals surface area contributed by atoms with Crippen LogP contribution in [0, 0.1) is 0 Å². The van der Waals surface area contributed by atoms with Crippen molar-refractivity contribution in [3.8, 4) is 11.5 Å². The zero-order valence-electron chi connectivity index (χ0n) is 26.0. The van der Waals surface area contributed by atoms with Gasteiger partial charge in [0.25, 0.3) is 5.56 Å². The highest BCUT2D eigenvalue weighted by molar-refractivity contribution is 7.07. The van der Waals surface area contributed by atoms with E-state index in [1.54, 1.807) is 49.6 Å². The van der Waals surface area contributed by atoms with Crippen molar-refractivity contribution >= 4 is 46.6 Å². The summed E-state index contributed by atoms with van der Waals surface area (Å²) in [5.74, 6) is 0.613. The van der Waals surface area contributed by atoms with E-state index in [2.05, 4.69) is 11.6 Å². The molecule has 1 atom stereocenters. The third kappa shape index (κ3) is 7.15. The first-order valence-electron chi connectivity index (χ1n) is 14.9. The number of aromatic nitrogens is 1. The van der Waals surface area contributed by atoms with Gasteiger partial charge in [0.05, 0.1) is 34.6 Å². The molecular weight excluding hydrogens is 643 g/mol. The fraction of sp³-hybridized carbons (Fsp3) is 0.250. The lowest BCUT2D eigenvalue weighted by atomic mass is 9.96. The van der Waals surface area contributed by atoms with E-state index >= 15 is 0 Å². The number of carbonyl (C=O) groups is 1. The van der Waals surface area contributed by atoms with Gasteiger partial charge in [-0.1, -0.05) is 70.9 Å². The molecule has 0 bridgehead atoms. The van der Waals surface area contributed by atoms with E-state index in [-0.39, 0.29) is 18.3 Å². The largest absolute Gasteiger partial charge is 0.490 e. The Bertz CT molecular complexity index is 1990. The van der Waals surface area contributed by atoms with Gasteiger partial charge in [-0.05, 0) is 81.7 Å².